The lowest BCUT2D eigenvalue weighted by atomic mass is 10.2. The van der Waals surface area contributed by atoms with Gasteiger partial charge >= 0.3 is 0 Å². The van der Waals surface area contributed by atoms with Gasteiger partial charge in [-0.05, 0) is 24.6 Å². The maximum Gasteiger partial charge on any atom is 0.192 e. The number of rotatable bonds is 5. The monoisotopic (exact) mass is 356 g/mol. The summed E-state index contributed by atoms with van der Waals surface area (Å²) in [6, 6.07) is 0. The van der Waals surface area contributed by atoms with Crippen LogP contribution in [0.1, 0.15) is 27.2 Å². The van der Waals surface area contributed by atoms with Crippen molar-refractivity contribution in [2.45, 2.75) is 55.2 Å². The zero-order valence-electron chi connectivity index (χ0n) is 10.3. The Bertz CT molecular complexity index is 209. The Balaban J connectivity index is 4.59. The molecule has 0 aliphatic heterocycles. The third kappa shape index (κ3) is 5.15. The van der Waals surface area contributed by atoms with E-state index in [1.807, 2.05) is 6.08 Å². The van der Waals surface area contributed by atoms with Gasteiger partial charge in [0.15, 0.2) is 8.32 Å². The Labute approximate surface area is 112 Å². The molecule has 0 aromatic rings. The quantitative estimate of drug-likeness (QED) is 0.379. The van der Waals surface area contributed by atoms with Crippen molar-refractivity contribution in [3.8, 4) is 0 Å². The van der Waals surface area contributed by atoms with Gasteiger partial charge in [0, 0.05) is 0 Å². The lowest BCUT2D eigenvalue weighted by Crippen LogP contribution is -2.45. The summed E-state index contributed by atoms with van der Waals surface area (Å²) in [6.07, 6.45) is 2.95. The van der Waals surface area contributed by atoms with E-state index >= 15 is 0 Å². The van der Waals surface area contributed by atoms with E-state index < -0.39 is 8.32 Å². The lowest BCUT2D eigenvalue weighted by molar-refractivity contribution is 0.202. The molecule has 0 bridgehead atoms. The Morgan fingerprint density at radius 2 is 1.80 bits per heavy atom. The highest BCUT2D eigenvalue weighted by molar-refractivity contribution is 9.24. The molecule has 0 amide bonds. The van der Waals surface area contributed by atoms with Gasteiger partial charge in [0.25, 0.3) is 0 Å². The Kier molecular flexibility index (Phi) is 6.34. The molecule has 0 fully saturated rings. The molecule has 90 valence electrons. The summed E-state index contributed by atoms with van der Waals surface area (Å²) >= 11 is 7.05. The summed E-state index contributed by atoms with van der Waals surface area (Å²) in [5, 5.41) is 0.251. The second-order valence-electron chi connectivity index (χ2n) is 5.28. The van der Waals surface area contributed by atoms with Crippen LogP contribution in [0.4, 0.5) is 0 Å². The van der Waals surface area contributed by atoms with Gasteiger partial charge in [-0.3, -0.25) is 0 Å². The van der Waals surface area contributed by atoms with Crippen LogP contribution >= 0.6 is 31.9 Å². The molecule has 1 atom stereocenters. The highest BCUT2D eigenvalue weighted by atomic mass is 79.9. The van der Waals surface area contributed by atoms with Crippen molar-refractivity contribution in [2.24, 2.45) is 0 Å². The van der Waals surface area contributed by atoms with Crippen LogP contribution in [0.3, 0.4) is 0 Å². The molecule has 0 N–H and O–H groups in total. The summed E-state index contributed by atoms with van der Waals surface area (Å²) in [5.41, 5.74) is 0. The normalized spacial score (nSPS) is 15.5. The van der Waals surface area contributed by atoms with Gasteiger partial charge in [0.05, 0.1) is 9.84 Å². The summed E-state index contributed by atoms with van der Waals surface area (Å²) in [5.74, 6) is 0. The van der Waals surface area contributed by atoms with Crippen LogP contribution in [0, 0.1) is 0 Å². The van der Waals surface area contributed by atoms with Gasteiger partial charge in [-0.25, -0.2) is 0 Å². The minimum Gasteiger partial charge on any atom is -0.412 e. The first-order chi connectivity index (χ1) is 6.62. The maximum atomic E-state index is 6.28. The molecule has 0 aliphatic rings. The van der Waals surface area contributed by atoms with Crippen LogP contribution in [-0.4, -0.2) is 18.2 Å². The molecule has 0 aromatic carbocycles. The van der Waals surface area contributed by atoms with E-state index in [-0.39, 0.29) is 14.9 Å². The first-order valence-corrected chi connectivity index (χ1v) is 9.92. The topological polar surface area (TPSA) is 9.23 Å². The first kappa shape index (κ1) is 15.9. The molecular formula is C11H22Br2OSi. The molecule has 0 rings (SSSR count). The number of hydrogen-bond acceptors (Lipinski definition) is 1. The van der Waals surface area contributed by atoms with Crippen LogP contribution in [0.2, 0.25) is 18.1 Å². The van der Waals surface area contributed by atoms with Crippen LogP contribution in [-0.2, 0) is 4.43 Å². The van der Waals surface area contributed by atoms with E-state index in [0.29, 0.717) is 0 Å². The molecule has 0 spiro atoms. The number of alkyl halides is 2. The van der Waals surface area contributed by atoms with Crippen LogP contribution in [0.15, 0.2) is 12.7 Å². The predicted octanol–water partition coefficient (Wildman–Crippen LogP) is 5.07. The van der Waals surface area contributed by atoms with Crippen molar-refractivity contribution in [1.29, 1.82) is 0 Å². The lowest BCUT2D eigenvalue weighted by Gasteiger charge is -2.39. The number of hydrogen-bond donors (Lipinski definition) is 0. The van der Waals surface area contributed by atoms with Gasteiger partial charge in [0.2, 0.25) is 0 Å². The molecule has 4 heteroatoms. The molecule has 0 saturated carbocycles. The zero-order chi connectivity index (χ0) is 12.3. The van der Waals surface area contributed by atoms with Crippen molar-refractivity contribution in [3.05, 3.63) is 12.7 Å². The maximum absolute atomic E-state index is 6.28. The highest BCUT2D eigenvalue weighted by Crippen LogP contribution is 2.39. The number of halogens is 2. The van der Waals surface area contributed by atoms with Gasteiger partial charge in [-0.15, -0.1) is 6.58 Å². The molecule has 1 unspecified atom stereocenters. The van der Waals surface area contributed by atoms with E-state index in [9.17, 15) is 0 Å². The van der Waals surface area contributed by atoms with Gasteiger partial charge in [0.1, 0.15) is 0 Å². The second-order valence-corrected chi connectivity index (χ2v) is 13.2. The van der Waals surface area contributed by atoms with E-state index in [4.69, 9.17) is 4.43 Å². The van der Waals surface area contributed by atoms with E-state index in [2.05, 4.69) is 72.3 Å². The Morgan fingerprint density at radius 3 is 2.07 bits per heavy atom. The molecule has 0 radical (unpaired) electrons. The van der Waals surface area contributed by atoms with Gasteiger partial charge in [-0.2, -0.15) is 0 Å². The SMILES string of the molecule is C=CCC(O[Si](C)(C)C(C)(C)C)C(Br)Br. The van der Waals surface area contributed by atoms with Crippen molar-refractivity contribution >= 4 is 40.2 Å². The molecule has 0 saturated heterocycles. The van der Waals surface area contributed by atoms with E-state index in [1.165, 1.54) is 0 Å². The van der Waals surface area contributed by atoms with Crippen molar-refractivity contribution in [3.63, 3.8) is 0 Å². The Morgan fingerprint density at radius 1 is 1.33 bits per heavy atom. The predicted molar refractivity (Wildman–Crippen MR) is 78.5 cm³/mol. The van der Waals surface area contributed by atoms with Crippen molar-refractivity contribution in [2.75, 3.05) is 0 Å². The first-order valence-electron chi connectivity index (χ1n) is 5.18. The summed E-state index contributed by atoms with van der Waals surface area (Å²) in [7, 11) is -1.68. The fourth-order valence-electron chi connectivity index (χ4n) is 0.922. The zero-order valence-corrected chi connectivity index (χ0v) is 14.5. The van der Waals surface area contributed by atoms with Crippen LogP contribution < -0.4 is 0 Å². The molecule has 0 heterocycles. The smallest absolute Gasteiger partial charge is 0.192 e. The average molecular weight is 358 g/mol. The minimum atomic E-state index is -1.68. The van der Waals surface area contributed by atoms with E-state index in [0.717, 1.165) is 6.42 Å². The molecule has 1 nitrogen and oxygen atoms in total. The standard InChI is InChI=1S/C11H22Br2OSi/c1-7-8-9(10(12)13)14-15(5,6)11(2,3)4/h7,9-10H,1,8H2,2-6H3. The van der Waals surface area contributed by atoms with E-state index in [1.54, 1.807) is 0 Å². The summed E-state index contributed by atoms with van der Waals surface area (Å²) in [6.45, 7) is 15.1. The highest BCUT2D eigenvalue weighted by Gasteiger charge is 2.39. The van der Waals surface area contributed by atoms with Gasteiger partial charge < -0.3 is 4.43 Å². The third-order valence-electron chi connectivity index (χ3n) is 2.93. The van der Waals surface area contributed by atoms with Crippen LogP contribution in [0.5, 0.6) is 0 Å². The molecular weight excluding hydrogens is 336 g/mol. The average Bonchev–Trinajstić information content (AvgIpc) is 2.00. The second kappa shape index (κ2) is 5.99. The van der Waals surface area contributed by atoms with Crippen LogP contribution in [0.25, 0.3) is 0 Å². The fraction of sp³-hybridized carbons (Fsp3) is 0.818. The minimum absolute atomic E-state index is 0.170. The van der Waals surface area contributed by atoms with Crippen molar-refractivity contribution in [1.82, 2.24) is 0 Å². The summed E-state index contributed by atoms with van der Waals surface area (Å²) < 4.78 is 6.47. The molecule has 0 aromatic heterocycles. The van der Waals surface area contributed by atoms with Crippen molar-refractivity contribution < 1.29 is 4.43 Å². The fourth-order valence-corrected chi connectivity index (χ4v) is 3.31. The third-order valence-corrected chi connectivity index (χ3v) is 8.62. The summed E-state index contributed by atoms with van der Waals surface area (Å²) in [4.78, 5) is 0. The largest absolute Gasteiger partial charge is 0.412 e. The molecule has 15 heavy (non-hydrogen) atoms. The molecule has 0 aliphatic carbocycles. The Hall–Kier alpha value is 0.877. The van der Waals surface area contributed by atoms with Gasteiger partial charge in [-0.1, -0.05) is 58.7 Å².